The number of aliphatic hydroxyl groups excluding tert-OH is 1. The first-order chi connectivity index (χ1) is 11.9. The smallest absolute Gasteiger partial charge is 0.353 e. The van der Waals surface area contributed by atoms with Gasteiger partial charge in [-0.15, -0.1) is 0 Å². The Labute approximate surface area is 144 Å². The van der Waals surface area contributed by atoms with E-state index in [4.69, 9.17) is 14.8 Å². The quantitative estimate of drug-likeness (QED) is 0.558. The number of hydrogen-bond acceptors (Lipinski definition) is 8. The Balaban J connectivity index is 2.05. The number of fused-ring (bicyclic) bond motifs is 1. The topological polar surface area (TPSA) is 145 Å². The first-order valence-corrected chi connectivity index (χ1v) is 9.46. The Kier molecular flexibility index (Phi) is 6.49. The van der Waals surface area contributed by atoms with Gasteiger partial charge in [-0.2, -0.15) is 4.98 Å². The normalized spacial score (nSPS) is 13.7. The fraction of sp³-hybridized carbons (Fsp3) is 0.500. The van der Waals surface area contributed by atoms with Crippen LogP contribution in [0.25, 0.3) is 11.2 Å². The lowest BCUT2D eigenvalue weighted by molar-refractivity contribution is 0.204. The van der Waals surface area contributed by atoms with Crippen molar-refractivity contribution in [3.8, 4) is 0 Å². The summed E-state index contributed by atoms with van der Waals surface area (Å²) in [6, 6.07) is 0. The molecule has 2 aromatic rings. The number of imidazole rings is 1. The third-order valence-electron chi connectivity index (χ3n) is 3.27. The van der Waals surface area contributed by atoms with Crippen LogP contribution in [0.15, 0.2) is 23.0 Å². The fourth-order valence-corrected chi connectivity index (χ4v) is 3.57. The molecular weight excluding hydrogens is 349 g/mol. The van der Waals surface area contributed by atoms with Crippen LogP contribution in [0, 0.1) is 0 Å². The molecule has 0 aliphatic carbocycles. The van der Waals surface area contributed by atoms with E-state index in [9.17, 15) is 14.5 Å². The lowest BCUT2D eigenvalue weighted by Gasteiger charge is -2.13. The van der Waals surface area contributed by atoms with E-state index < -0.39 is 19.3 Å². The van der Waals surface area contributed by atoms with Crippen LogP contribution in [0.4, 0.5) is 5.95 Å². The first-order valence-electron chi connectivity index (χ1n) is 7.85. The maximum atomic E-state index is 12.3. The molecule has 138 valence electrons. The number of nitrogens with one attached hydrogen (secondary N) is 1. The first kappa shape index (κ1) is 19.3. The van der Waals surface area contributed by atoms with Crippen LogP contribution in [0.2, 0.25) is 0 Å². The summed E-state index contributed by atoms with van der Waals surface area (Å²) >= 11 is 0. The Bertz CT molecular complexity index is 836. The summed E-state index contributed by atoms with van der Waals surface area (Å²) in [6.07, 6.45) is 2.23. The number of hydrogen-bond donors (Lipinski definition) is 3. The van der Waals surface area contributed by atoms with Crippen molar-refractivity contribution in [3.05, 3.63) is 28.6 Å². The van der Waals surface area contributed by atoms with E-state index in [2.05, 4.69) is 15.0 Å². The molecule has 0 fully saturated rings. The van der Waals surface area contributed by atoms with E-state index in [0.29, 0.717) is 12.2 Å². The maximum Gasteiger partial charge on any atom is 0.353 e. The zero-order valence-corrected chi connectivity index (χ0v) is 15.0. The second kappa shape index (κ2) is 8.39. The molecule has 0 bridgehead atoms. The number of H-pyrrole nitrogens is 1. The fourth-order valence-electron chi connectivity index (χ4n) is 2.19. The van der Waals surface area contributed by atoms with Crippen LogP contribution in [-0.2, 0) is 20.2 Å². The minimum Gasteiger partial charge on any atom is -0.389 e. The number of nitrogens with zero attached hydrogens (tertiary/aromatic N) is 3. The summed E-state index contributed by atoms with van der Waals surface area (Å²) in [7, 11) is -3.34. The van der Waals surface area contributed by atoms with Gasteiger partial charge in [0.1, 0.15) is 0 Å². The van der Waals surface area contributed by atoms with E-state index in [1.807, 2.05) is 0 Å². The number of aromatic amines is 1. The van der Waals surface area contributed by atoms with Crippen molar-refractivity contribution < 1.29 is 18.7 Å². The maximum absolute atomic E-state index is 12.3. The van der Waals surface area contributed by atoms with Gasteiger partial charge in [-0.05, 0) is 26.3 Å². The van der Waals surface area contributed by atoms with Crippen molar-refractivity contribution in [2.24, 2.45) is 0 Å². The predicted octanol–water partition coefficient (Wildman–Crippen LogP) is 1.23. The van der Waals surface area contributed by atoms with Gasteiger partial charge in [0, 0.05) is 12.4 Å². The average Bonchev–Trinajstić information content (AvgIpc) is 2.95. The van der Waals surface area contributed by atoms with E-state index in [1.165, 1.54) is 18.2 Å². The van der Waals surface area contributed by atoms with Crippen molar-refractivity contribution in [3.63, 3.8) is 0 Å². The number of rotatable bonds is 9. The Hall–Kier alpha value is -2.00. The van der Waals surface area contributed by atoms with Gasteiger partial charge >= 0.3 is 7.60 Å². The monoisotopic (exact) mass is 371 g/mol. The summed E-state index contributed by atoms with van der Waals surface area (Å²) in [4.78, 5) is 22.1. The van der Waals surface area contributed by atoms with Gasteiger partial charge in [0.05, 0.1) is 25.6 Å². The molecule has 11 heteroatoms. The van der Waals surface area contributed by atoms with Crippen LogP contribution in [0.1, 0.15) is 20.3 Å². The highest BCUT2D eigenvalue weighted by Gasteiger charge is 2.19. The van der Waals surface area contributed by atoms with Gasteiger partial charge in [-0.25, -0.2) is 4.98 Å². The molecule has 0 radical (unpaired) electrons. The number of aromatic nitrogens is 4. The van der Waals surface area contributed by atoms with Crippen LogP contribution in [0.5, 0.6) is 0 Å². The summed E-state index contributed by atoms with van der Waals surface area (Å²) in [5, 5.41) is 10.1. The molecule has 0 spiro atoms. The van der Waals surface area contributed by atoms with Gasteiger partial charge in [-0.1, -0.05) is 0 Å². The summed E-state index contributed by atoms with van der Waals surface area (Å²) < 4.78 is 24.1. The molecule has 4 N–H and O–H groups in total. The predicted molar refractivity (Wildman–Crippen MR) is 93.2 cm³/mol. The molecule has 0 aliphatic heterocycles. The van der Waals surface area contributed by atoms with E-state index in [0.717, 1.165) is 0 Å². The van der Waals surface area contributed by atoms with Crippen LogP contribution < -0.4 is 11.3 Å². The summed E-state index contributed by atoms with van der Waals surface area (Å²) in [6.45, 7) is 4.23. The summed E-state index contributed by atoms with van der Waals surface area (Å²) in [5.74, 6) is 1.26. The highest BCUT2D eigenvalue weighted by molar-refractivity contribution is 7.57. The van der Waals surface area contributed by atoms with Crippen LogP contribution in [0.3, 0.4) is 0 Å². The second-order valence-corrected chi connectivity index (χ2v) is 7.03. The van der Waals surface area contributed by atoms with E-state index in [1.54, 1.807) is 18.4 Å². The standard InChI is InChI=1S/C14H22N5O5P/c1-3-23-25(22,24-4-2)8-6-10(20)5-7-19-9-16-11-12(19)17-14(15)18-13(11)21/h6,8-10,20H,3-5,7H2,1-2H3,(H3,15,17,18,21)/b8-6+. The molecule has 1 unspecified atom stereocenters. The number of anilines is 1. The van der Waals surface area contributed by atoms with Crippen molar-refractivity contribution in [1.29, 1.82) is 0 Å². The molecular formula is C14H22N5O5P. The molecule has 2 heterocycles. The zero-order valence-electron chi connectivity index (χ0n) is 14.1. The van der Waals surface area contributed by atoms with Crippen molar-refractivity contribution in [2.75, 3.05) is 18.9 Å². The minimum absolute atomic E-state index is 0.00550. The van der Waals surface area contributed by atoms with E-state index >= 15 is 0 Å². The second-order valence-electron chi connectivity index (χ2n) is 5.13. The van der Waals surface area contributed by atoms with Crippen molar-refractivity contribution >= 4 is 24.7 Å². The van der Waals surface area contributed by atoms with Gasteiger partial charge < -0.3 is 24.5 Å². The molecule has 0 saturated carbocycles. The molecule has 2 rings (SSSR count). The molecule has 0 amide bonds. The number of aryl methyl sites for hydroxylation is 1. The van der Waals surface area contributed by atoms with Crippen LogP contribution in [-0.4, -0.2) is 43.9 Å². The Morgan fingerprint density at radius 3 is 2.76 bits per heavy atom. The molecule has 0 saturated heterocycles. The largest absolute Gasteiger partial charge is 0.389 e. The van der Waals surface area contributed by atoms with Crippen LogP contribution >= 0.6 is 7.60 Å². The molecule has 10 nitrogen and oxygen atoms in total. The molecule has 0 aromatic carbocycles. The number of aliphatic hydroxyl groups is 1. The molecule has 0 aliphatic rings. The Morgan fingerprint density at radius 1 is 1.44 bits per heavy atom. The van der Waals surface area contributed by atoms with Gasteiger partial charge in [0.2, 0.25) is 5.95 Å². The molecule has 2 aromatic heterocycles. The van der Waals surface area contributed by atoms with Crippen molar-refractivity contribution in [1.82, 2.24) is 19.5 Å². The summed E-state index contributed by atoms with van der Waals surface area (Å²) in [5.41, 5.74) is 5.63. The lowest BCUT2D eigenvalue weighted by atomic mass is 10.2. The van der Waals surface area contributed by atoms with Crippen molar-refractivity contribution in [2.45, 2.75) is 32.9 Å². The number of nitrogen functional groups attached to an aromatic ring is 1. The van der Waals surface area contributed by atoms with Gasteiger partial charge in [0.25, 0.3) is 5.56 Å². The van der Waals surface area contributed by atoms with E-state index in [-0.39, 0.29) is 31.1 Å². The Morgan fingerprint density at radius 2 is 2.12 bits per heavy atom. The number of nitrogens with two attached hydrogens (primary N) is 1. The third kappa shape index (κ3) is 4.99. The van der Waals surface area contributed by atoms with Gasteiger partial charge in [-0.3, -0.25) is 14.3 Å². The third-order valence-corrected chi connectivity index (χ3v) is 5.04. The lowest BCUT2D eigenvalue weighted by Crippen LogP contribution is -2.13. The highest BCUT2D eigenvalue weighted by atomic mass is 31.2. The molecule has 25 heavy (non-hydrogen) atoms. The highest BCUT2D eigenvalue weighted by Crippen LogP contribution is 2.49. The molecule has 1 atom stereocenters. The minimum atomic E-state index is -3.34. The SMILES string of the molecule is CCOP(=O)(/C=C/C(O)CCn1cnc2c(=O)[nH]c(N)nc21)OCC. The van der Waals surface area contributed by atoms with Gasteiger partial charge in [0.15, 0.2) is 11.2 Å². The average molecular weight is 371 g/mol. The zero-order chi connectivity index (χ0) is 18.4.